The lowest BCUT2D eigenvalue weighted by atomic mass is 9.98. The number of rotatable bonds is 5. The number of amides is 1. The molecule has 5 rings (SSSR count). The number of aromatic nitrogens is 2. The molecule has 0 fully saturated rings. The normalized spacial score (nSPS) is 15.5. The summed E-state index contributed by atoms with van der Waals surface area (Å²) >= 11 is 1.30. The van der Waals surface area contributed by atoms with E-state index in [1.807, 2.05) is 38.1 Å². The standard InChI is InChI=1S/C23H19N3O4S/c1-3-12-29-15-10-8-14(9-11-15)19-18-20(27)16-6-4-5-7-17(16)30-21(18)22(28)26(19)23-25-24-13(2)31-23/h4-11,19H,3,12H2,1-2H3. The minimum absolute atomic E-state index is 0.0489. The number of hydrogen-bond acceptors (Lipinski definition) is 7. The highest BCUT2D eigenvalue weighted by Crippen LogP contribution is 2.42. The van der Waals surface area contributed by atoms with Crippen molar-refractivity contribution in [2.24, 2.45) is 0 Å². The topological polar surface area (TPSA) is 85.5 Å². The summed E-state index contributed by atoms with van der Waals surface area (Å²) in [5.41, 5.74) is 1.26. The van der Waals surface area contributed by atoms with Gasteiger partial charge < -0.3 is 9.15 Å². The molecule has 2 aromatic carbocycles. The summed E-state index contributed by atoms with van der Waals surface area (Å²) in [5.74, 6) is 0.386. The van der Waals surface area contributed by atoms with Crippen LogP contribution in [0.15, 0.2) is 57.7 Å². The Morgan fingerprint density at radius 3 is 2.58 bits per heavy atom. The second kappa shape index (κ2) is 7.63. The largest absolute Gasteiger partial charge is 0.494 e. The molecule has 156 valence electrons. The number of hydrogen-bond donors (Lipinski definition) is 0. The Balaban J connectivity index is 1.70. The van der Waals surface area contributed by atoms with Gasteiger partial charge in [-0.15, -0.1) is 10.2 Å². The molecule has 31 heavy (non-hydrogen) atoms. The van der Waals surface area contributed by atoms with Crippen LogP contribution in [0, 0.1) is 6.92 Å². The maximum atomic E-state index is 13.4. The lowest BCUT2D eigenvalue weighted by molar-refractivity contribution is 0.0970. The van der Waals surface area contributed by atoms with Gasteiger partial charge in [0.05, 0.1) is 23.6 Å². The first-order chi connectivity index (χ1) is 15.1. The monoisotopic (exact) mass is 433 g/mol. The first kappa shape index (κ1) is 19.4. The van der Waals surface area contributed by atoms with E-state index in [1.54, 1.807) is 24.3 Å². The van der Waals surface area contributed by atoms with Gasteiger partial charge in [0.1, 0.15) is 16.3 Å². The maximum absolute atomic E-state index is 13.4. The van der Waals surface area contributed by atoms with Crippen molar-refractivity contribution in [3.63, 3.8) is 0 Å². The van der Waals surface area contributed by atoms with Crippen LogP contribution in [0.2, 0.25) is 0 Å². The quantitative estimate of drug-likeness (QED) is 0.461. The fourth-order valence-electron chi connectivity index (χ4n) is 3.78. The molecule has 1 aliphatic heterocycles. The summed E-state index contributed by atoms with van der Waals surface area (Å²) in [6.45, 7) is 4.48. The zero-order valence-corrected chi connectivity index (χ0v) is 17.8. The van der Waals surface area contributed by atoms with Crippen LogP contribution in [-0.4, -0.2) is 22.7 Å². The molecule has 1 aliphatic rings. The Morgan fingerprint density at radius 2 is 1.87 bits per heavy atom. The molecule has 1 amide bonds. The average molecular weight is 433 g/mol. The van der Waals surface area contributed by atoms with E-state index in [0.29, 0.717) is 28.3 Å². The minimum Gasteiger partial charge on any atom is -0.494 e. The number of para-hydroxylation sites is 1. The molecule has 0 saturated carbocycles. The second-order valence-electron chi connectivity index (χ2n) is 7.27. The van der Waals surface area contributed by atoms with Crippen molar-refractivity contribution < 1.29 is 13.9 Å². The van der Waals surface area contributed by atoms with E-state index < -0.39 is 11.9 Å². The predicted molar refractivity (Wildman–Crippen MR) is 118 cm³/mol. The van der Waals surface area contributed by atoms with Gasteiger partial charge in [-0.2, -0.15) is 0 Å². The van der Waals surface area contributed by atoms with Gasteiger partial charge in [0.25, 0.3) is 5.91 Å². The lowest BCUT2D eigenvalue weighted by Gasteiger charge is -2.22. The number of anilines is 1. The van der Waals surface area contributed by atoms with Gasteiger partial charge in [0.2, 0.25) is 10.9 Å². The predicted octanol–water partition coefficient (Wildman–Crippen LogP) is 4.49. The molecule has 1 atom stereocenters. The number of fused-ring (bicyclic) bond motifs is 2. The van der Waals surface area contributed by atoms with Crippen molar-refractivity contribution in [3.05, 3.63) is 80.6 Å². The van der Waals surface area contributed by atoms with Crippen LogP contribution in [0.25, 0.3) is 11.0 Å². The maximum Gasteiger partial charge on any atom is 0.297 e. The van der Waals surface area contributed by atoms with E-state index in [9.17, 15) is 9.59 Å². The molecule has 4 aromatic rings. The summed E-state index contributed by atoms with van der Waals surface area (Å²) in [5, 5.41) is 9.82. The summed E-state index contributed by atoms with van der Waals surface area (Å²) in [6, 6.07) is 13.7. The average Bonchev–Trinajstić information content (AvgIpc) is 3.34. The van der Waals surface area contributed by atoms with Crippen molar-refractivity contribution >= 4 is 33.3 Å². The van der Waals surface area contributed by atoms with Crippen LogP contribution in [-0.2, 0) is 0 Å². The first-order valence-electron chi connectivity index (χ1n) is 10.0. The molecule has 0 bridgehead atoms. The Morgan fingerprint density at radius 1 is 1.10 bits per heavy atom. The van der Waals surface area contributed by atoms with Crippen molar-refractivity contribution in [2.75, 3.05) is 11.5 Å². The van der Waals surface area contributed by atoms with Gasteiger partial charge in [-0.3, -0.25) is 14.5 Å². The van der Waals surface area contributed by atoms with Crippen LogP contribution in [0.4, 0.5) is 5.13 Å². The fraction of sp³-hybridized carbons (Fsp3) is 0.217. The molecule has 3 heterocycles. The fourth-order valence-corrected chi connectivity index (χ4v) is 4.50. The van der Waals surface area contributed by atoms with Gasteiger partial charge in [-0.05, 0) is 43.2 Å². The number of benzene rings is 2. The van der Waals surface area contributed by atoms with Gasteiger partial charge in [-0.25, -0.2) is 0 Å². The van der Waals surface area contributed by atoms with E-state index in [4.69, 9.17) is 9.15 Å². The van der Waals surface area contributed by atoms with E-state index in [-0.39, 0.29) is 11.2 Å². The number of nitrogens with zero attached hydrogens (tertiary/aromatic N) is 3. The molecule has 0 spiro atoms. The summed E-state index contributed by atoms with van der Waals surface area (Å²) in [6.07, 6.45) is 0.907. The highest BCUT2D eigenvalue weighted by Gasteiger charge is 2.45. The molecule has 7 nitrogen and oxygen atoms in total. The lowest BCUT2D eigenvalue weighted by Crippen LogP contribution is -2.29. The van der Waals surface area contributed by atoms with Gasteiger partial charge in [0.15, 0.2) is 5.43 Å². The SMILES string of the molecule is CCCOc1ccc(C2c3c(oc4ccccc4c3=O)C(=O)N2c2nnc(C)s2)cc1. The van der Waals surface area contributed by atoms with Crippen molar-refractivity contribution in [2.45, 2.75) is 26.3 Å². The van der Waals surface area contributed by atoms with E-state index in [1.165, 1.54) is 16.2 Å². The smallest absolute Gasteiger partial charge is 0.297 e. The molecule has 1 unspecified atom stereocenters. The van der Waals surface area contributed by atoms with Crippen molar-refractivity contribution in [1.29, 1.82) is 0 Å². The Labute approximate surface area is 181 Å². The third-order valence-corrected chi connectivity index (χ3v) is 6.01. The Hall–Kier alpha value is -3.52. The van der Waals surface area contributed by atoms with Crippen molar-refractivity contribution in [3.8, 4) is 5.75 Å². The van der Waals surface area contributed by atoms with Gasteiger partial charge >= 0.3 is 0 Å². The van der Waals surface area contributed by atoms with Crippen LogP contribution >= 0.6 is 11.3 Å². The number of carbonyl (C=O) groups excluding carboxylic acids is 1. The highest BCUT2D eigenvalue weighted by molar-refractivity contribution is 7.15. The van der Waals surface area contributed by atoms with Crippen LogP contribution in [0.5, 0.6) is 5.75 Å². The number of ether oxygens (including phenoxy) is 1. The Kier molecular flexibility index (Phi) is 4.78. The molecule has 0 N–H and O–H groups in total. The highest BCUT2D eigenvalue weighted by atomic mass is 32.1. The van der Waals surface area contributed by atoms with E-state index >= 15 is 0 Å². The van der Waals surface area contributed by atoms with Crippen molar-refractivity contribution in [1.82, 2.24) is 10.2 Å². The molecule has 0 saturated heterocycles. The summed E-state index contributed by atoms with van der Waals surface area (Å²) < 4.78 is 11.6. The first-order valence-corrected chi connectivity index (χ1v) is 10.8. The van der Waals surface area contributed by atoms with Crippen LogP contribution in [0.1, 0.15) is 46.1 Å². The van der Waals surface area contributed by atoms with Crippen LogP contribution < -0.4 is 15.1 Å². The summed E-state index contributed by atoms with van der Waals surface area (Å²) in [7, 11) is 0. The second-order valence-corrected chi connectivity index (χ2v) is 8.43. The molecular weight excluding hydrogens is 414 g/mol. The number of aryl methyl sites for hydroxylation is 1. The van der Waals surface area contributed by atoms with E-state index in [2.05, 4.69) is 10.2 Å². The van der Waals surface area contributed by atoms with Crippen LogP contribution in [0.3, 0.4) is 0 Å². The molecule has 0 radical (unpaired) electrons. The van der Waals surface area contributed by atoms with Gasteiger partial charge in [-0.1, -0.05) is 42.5 Å². The zero-order valence-electron chi connectivity index (χ0n) is 17.0. The number of carbonyl (C=O) groups is 1. The third kappa shape index (κ3) is 3.19. The zero-order chi connectivity index (χ0) is 21.5. The van der Waals surface area contributed by atoms with E-state index in [0.717, 1.165) is 22.7 Å². The molecule has 0 aliphatic carbocycles. The Bertz CT molecular complexity index is 1340. The third-order valence-electron chi connectivity index (χ3n) is 5.17. The molecular formula is C23H19N3O4S. The summed E-state index contributed by atoms with van der Waals surface area (Å²) in [4.78, 5) is 28.3. The van der Waals surface area contributed by atoms with Gasteiger partial charge in [0, 0.05) is 0 Å². The molecule has 2 aromatic heterocycles. The minimum atomic E-state index is -0.657. The molecule has 8 heteroatoms.